The van der Waals surface area contributed by atoms with E-state index in [-0.39, 0.29) is 18.9 Å². The predicted molar refractivity (Wildman–Crippen MR) is 91.1 cm³/mol. The molecular formula is C16H24NO7P. The molecule has 8 nitrogen and oxygen atoms in total. The van der Waals surface area contributed by atoms with Crippen molar-refractivity contribution < 1.29 is 33.8 Å². The number of aliphatic carboxylic acids is 2. The van der Waals surface area contributed by atoms with Crippen LogP contribution in [-0.2, 0) is 25.1 Å². The zero-order chi connectivity index (χ0) is 18.9. The summed E-state index contributed by atoms with van der Waals surface area (Å²) in [5.41, 5.74) is 1.15. The molecule has 25 heavy (non-hydrogen) atoms. The number of hydrogen-bond donors (Lipinski definition) is 4. The number of hydrogen-bond acceptors (Lipinski definition) is 4. The van der Waals surface area contributed by atoms with Gasteiger partial charge in [0.05, 0.1) is 6.61 Å². The van der Waals surface area contributed by atoms with Crippen LogP contribution >= 0.6 is 7.75 Å². The van der Waals surface area contributed by atoms with Crippen LogP contribution in [0.3, 0.4) is 0 Å². The molecule has 0 aliphatic heterocycles. The van der Waals surface area contributed by atoms with Crippen LogP contribution in [0.15, 0.2) is 30.3 Å². The summed E-state index contributed by atoms with van der Waals surface area (Å²) in [4.78, 5) is 31.3. The Labute approximate surface area is 146 Å². The molecule has 0 saturated carbocycles. The van der Waals surface area contributed by atoms with Gasteiger partial charge >= 0.3 is 19.7 Å². The highest BCUT2D eigenvalue weighted by Crippen LogP contribution is 2.38. The number of carbonyl (C=O) groups is 2. The fourth-order valence-corrected chi connectivity index (χ4v) is 3.28. The normalized spacial score (nSPS) is 15.9. The van der Waals surface area contributed by atoms with E-state index in [4.69, 9.17) is 14.7 Å². The molecule has 0 aliphatic carbocycles. The van der Waals surface area contributed by atoms with E-state index in [0.717, 1.165) is 18.4 Å². The van der Waals surface area contributed by atoms with E-state index in [9.17, 15) is 19.0 Å². The molecule has 9 heteroatoms. The van der Waals surface area contributed by atoms with Gasteiger partial charge in [0.25, 0.3) is 0 Å². The molecule has 1 aromatic rings. The molecule has 0 saturated heterocycles. The van der Waals surface area contributed by atoms with Gasteiger partial charge in [0.1, 0.15) is 6.04 Å². The molecule has 0 aromatic heterocycles. The number of rotatable bonds is 12. The summed E-state index contributed by atoms with van der Waals surface area (Å²) in [7, 11) is -4.34. The first-order chi connectivity index (χ1) is 11.7. The first-order valence-electron chi connectivity index (χ1n) is 7.93. The van der Waals surface area contributed by atoms with Crippen LogP contribution in [0.4, 0.5) is 0 Å². The average Bonchev–Trinajstić information content (AvgIpc) is 2.55. The zero-order valence-corrected chi connectivity index (χ0v) is 14.9. The Morgan fingerprint density at radius 3 is 2.40 bits per heavy atom. The Balaban J connectivity index is 2.43. The summed E-state index contributed by atoms with van der Waals surface area (Å²) >= 11 is 0. The van der Waals surface area contributed by atoms with Crippen molar-refractivity contribution in [3.8, 4) is 0 Å². The quantitative estimate of drug-likeness (QED) is 0.410. The standard InChI is InChI=1S/C16H24NO7P/c1-12(7-8-13-5-3-2-4-6-13)11-24-25(22,23)17-14(16(20)21)9-10-15(18)19/h2-6,12,14H,7-11H2,1H3,(H,18,19)(H,20,21)(H2,17,22,23)/t12?,14-/m0/s1. The lowest BCUT2D eigenvalue weighted by atomic mass is 10.0. The third-order valence-corrected chi connectivity index (χ3v) is 4.70. The maximum atomic E-state index is 12.0. The van der Waals surface area contributed by atoms with Crippen LogP contribution in [0.1, 0.15) is 31.7 Å². The van der Waals surface area contributed by atoms with Gasteiger partial charge in [-0.1, -0.05) is 37.3 Å². The lowest BCUT2D eigenvalue weighted by Crippen LogP contribution is -2.35. The third-order valence-electron chi connectivity index (χ3n) is 3.57. The van der Waals surface area contributed by atoms with Gasteiger partial charge in [0, 0.05) is 6.42 Å². The van der Waals surface area contributed by atoms with Crippen molar-refractivity contribution in [2.24, 2.45) is 5.92 Å². The van der Waals surface area contributed by atoms with Crippen LogP contribution in [0.5, 0.6) is 0 Å². The smallest absolute Gasteiger partial charge is 0.403 e. The fraction of sp³-hybridized carbons (Fsp3) is 0.500. The Bertz CT molecular complexity index is 608. The topological polar surface area (TPSA) is 133 Å². The van der Waals surface area contributed by atoms with E-state index < -0.39 is 32.1 Å². The second-order valence-electron chi connectivity index (χ2n) is 5.90. The molecule has 140 valence electrons. The number of nitrogens with one attached hydrogen (secondary N) is 1. The minimum absolute atomic E-state index is 0.00946. The summed E-state index contributed by atoms with van der Waals surface area (Å²) in [5, 5.41) is 19.6. The molecular weight excluding hydrogens is 349 g/mol. The largest absolute Gasteiger partial charge is 0.481 e. The Morgan fingerprint density at radius 1 is 1.20 bits per heavy atom. The highest BCUT2D eigenvalue weighted by molar-refractivity contribution is 7.50. The molecule has 2 unspecified atom stereocenters. The van der Waals surface area contributed by atoms with Crippen LogP contribution < -0.4 is 5.09 Å². The molecule has 0 bridgehead atoms. The predicted octanol–water partition coefficient (Wildman–Crippen LogP) is 2.28. The van der Waals surface area contributed by atoms with Crippen LogP contribution in [0, 0.1) is 5.92 Å². The Morgan fingerprint density at radius 2 is 1.84 bits per heavy atom. The summed E-state index contributed by atoms with van der Waals surface area (Å²) in [5.74, 6) is -2.60. The van der Waals surface area contributed by atoms with Crippen LogP contribution in [-0.4, -0.2) is 39.7 Å². The van der Waals surface area contributed by atoms with Gasteiger partial charge < -0.3 is 15.1 Å². The number of benzene rings is 1. The van der Waals surface area contributed by atoms with Crippen LogP contribution in [0.25, 0.3) is 0 Å². The second-order valence-corrected chi connectivity index (χ2v) is 7.46. The lowest BCUT2D eigenvalue weighted by molar-refractivity contribution is -0.140. The molecule has 0 fully saturated rings. The monoisotopic (exact) mass is 373 g/mol. The molecule has 4 N–H and O–H groups in total. The molecule has 0 heterocycles. The van der Waals surface area contributed by atoms with Crippen molar-refractivity contribution in [1.82, 2.24) is 5.09 Å². The van der Waals surface area contributed by atoms with E-state index >= 15 is 0 Å². The highest BCUT2D eigenvalue weighted by atomic mass is 31.2. The molecule has 0 aliphatic rings. The van der Waals surface area contributed by atoms with Gasteiger partial charge in [-0.25, -0.2) is 9.65 Å². The molecule has 0 amide bonds. The van der Waals surface area contributed by atoms with Crippen molar-refractivity contribution in [3.63, 3.8) is 0 Å². The van der Waals surface area contributed by atoms with Gasteiger partial charge in [0.15, 0.2) is 0 Å². The molecule has 1 aromatic carbocycles. The molecule has 1 rings (SSSR count). The average molecular weight is 373 g/mol. The van der Waals surface area contributed by atoms with E-state index in [1.165, 1.54) is 0 Å². The van der Waals surface area contributed by atoms with Gasteiger partial charge in [0.2, 0.25) is 0 Å². The highest BCUT2D eigenvalue weighted by Gasteiger charge is 2.29. The maximum Gasteiger partial charge on any atom is 0.403 e. The van der Waals surface area contributed by atoms with Crippen molar-refractivity contribution in [2.75, 3.05) is 6.61 Å². The third kappa shape index (κ3) is 9.36. The molecule has 3 atom stereocenters. The summed E-state index contributed by atoms with van der Waals surface area (Å²) in [6, 6.07) is 8.31. The molecule has 0 spiro atoms. The number of aryl methyl sites for hydroxylation is 1. The minimum Gasteiger partial charge on any atom is -0.481 e. The van der Waals surface area contributed by atoms with Crippen molar-refractivity contribution in [1.29, 1.82) is 0 Å². The number of carboxylic acids is 2. The van der Waals surface area contributed by atoms with Crippen molar-refractivity contribution in [2.45, 2.75) is 38.6 Å². The Hall–Kier alpha value is -1.73. The SMILES string of the molecule is CC(CCc1ccccc1)COP(=O)(O)N[C@@H](CCC(=O)O)C(=O)O. The van der Waals surface area contributed by atoms with Gasteiger partial charge in [-0.3, -0.25) is 14.1 Å². The van der Waals surface area contributed by atoms with E-state index in [1.54, 1.807) is 0 Å². The summed E-state index contributed by atoms with van der Waals surface area (Å²) < 4.78 is 16.9. The fourth-order valence-electron chi connectivity index (χ4n) is 2.11. The Kier molecular flexibility index (Phi) is 8.78. The molecule has 0 radical (unpaired) electrons. The van der Waals surface area contributed by atoms with Crippen LogP contribution in [0.2, 0.25) is 0 Å². The summed E-state index contributed by atoms with van der Waals surface area (Å²) in [6.45, 7) is 1.85. The minimum atomic E-state index is -4.34. The van der Waals surface area contributed by atoms with Gasteiger partial charge in [-0.2, -0.15) is 0 Å². The van der Waals surface area contributed by atoms with E-state index in [0.29, 0.717) is 0 Å². The first-order valence-corrected chi connectivity index (χ1v) is 9.51. The summed E-state index contributed by atoms with van der Waals surface area (Å²) in [6.07, 6.45) is 0.788. The second kappa shape index (κ2) is 10.3. The van der Waals surface area contributed by atoms with Gasteiger partial charge in [-0.05, 0) is 30.7 Å². The van der Waals surface area contributed by atoms with Crippen molar-refractivity contribution >= 4 is 19.7 Å². The van der Waals surface area contributed by atoms with E-state index in [2.05, 4.69) is 0 Å². The van der Waals surface area contributed by atoms with E-state index in [1.807, 2.05) is 42.3 Å². The zero-order valence-electron chi connectivity index (χ0n) is 14.0. The first kappa shape index (κ1) is 21.3. The van der Waals surface area contributed by atoms with Gasteiger partial charge in [-0.15, -0.1) is 0 Å². The lowest BCUT2D eigenvalue weighted by Gasteiger charge is -2.20. The van der Waals surface area contributed by atoms with Crippen molar-refractivity contribution in [3.05, 3.63) is 35.9 Å². The maximum absolute atomic E-state index is 12.0. The number of carboxylic acid groups (broad SMARTS) is 2.